The molecular weight excluding hydrogens is 266 g/mol. The van der Waals surface area contributed by atoms with Gasteiger partial charge in [0.25, 0.3) is 0 Å². The smallest absolute Gasteiger partial charge is 0.0341 e. The van der Waals surface area contributed by atoms with Crippen molar-refractivity contribution in [2.45, 2.75) is 12.5 Å². The number of hydrogen-bond acceptors (Lipinski definition) is 1. The van der Waals surface area contributed by atoms with Crippen LogP contribution in [-0.2, 0) is 6.42 Å². The molecule has 0 aliphatic heterocycles. The summed E-state index contributed by atoms with van der Waals surface area (Å²) in [6, 6.07) is 25.2. The van der Waals surface area contributed by atoms with E-state index in [-0.39, 0.29) is 18.4 Å². The third-order valence-corrected chi connectivity index (χ3v) is 3.52. The summed E-state index contributed by atoms with van der Waals surface area (Å²) < 4.78 is 0. The summed E-state index contributed by atoms with van der Waals surface area (Å²) in [7, 11) is 0. The van der Waals surface area contributed by atoms with Gasteiger partial charge in [-0.05, 0) is 28.3 Å². The van der Waals surface area contributed by atoms with Crippen LogP contribution in [-0.4, -0.2) is 0 Å². The molecule has 3 rings (SSSR count). The topological polar surface area (TPSA) is 26.0 Å². The van der Waals surface area contributed by atoms with Gasteiger partial charge in [-0.1, -0.05) is 72.8 Å². The average Bonchev–Trinajstić information content (AvgIpc) is 2.47. The second-order valence-corrected chi connectivity index (χ2v) is 4.86. The summed E-state index contributed by atoms with van der Waals surface area (Å²) in [4.78, 5) is 0. The van der Waals surface area contributed by atoms with Gasteiger partial charge in [0.2, 0.25) is 0 Å². The van der Waals surface area contributed by atoms with Crippen molar-refractivity contribution in [1.82, 2.24) is 0 Å². The normalized spacial score (nSPS) is 11.8. The fourth-order valence-corrected chi connectivity index (χ4v) is 2.55. The first-order valence-electron chi connectivity index (χ1n) is 6.62. The van der Waals surface area contributed by atoms with Gasteiger partial charge >= 0.3 is 0 Å². The first kappa shape index (κ1) is 14.6. The second kappa shape index (κ2) is 6.56. The molecule has 1 atom stereocenters. The Bertz CT molecular complexity index is 674. The van der Waals surface area contributed by atoms with Crippen LogP contribution in [0.25, 0.3) is 10.8 Å². The SMILES string of the molecule is Cl.NC(Cc1ccccc1)c1cccc2ccccc12. The molecule has 2 N–H and O–H groups in total. The molecule has 0 amide bonds. The molecule has 0 spiro atoms. The van der Waals surface area contributed by atoms with Crippen LogP contribution < -0.4 is 5.73 Å². The molecular formula is C18H18ClN. The van der Waals surface area contributed by atoms with Gasteiger partial charge in [-0.15, -0.1) is 12.4 Å². The van der Waals surface area contributed by atoms with E-state index in [4.69, 9.17) is 5.73 Å². The lowest BCUT2D eigenvalue weighted by Gasteiger charge is -2.15. The molecule has 0 radical (unpaired) electrons. The first-order chi connectivity index (χ1) is 9.34. The van der Waals surface area contributed by atoms with Crippen LogP contribution in [0.15, 0.2) is 72.8 Å². The Labute approximate surface area is 125 Å². The lowest BCUT2D eigenvalue weighted by atomic mass is 9.95. The maximum Gasteiger partial charge on any atom is 0.0341 e. The van der Waals surface area contributed by atoms with E-state index in [1.165, 1.54) is 21.9 Å². The summed E-state index contributed by atoms with van der Waals surface area (Å²) in [6.45, 7) is 0. The van der Waals surface area contributed by atoms with Crippen LogP contribution in [0.3, 0.4) is 0 Å². The van der Waals surface area contributed by atoms with Gasteiger partial charge in [-0.2, -0.15) is 0 Å². The third-order valence-electron chi connectivity index (χ3n) is 3.52. The number of hydrogen-bond donors (Lipinski definition) is 1. The van der Waals surface area contributed by atoms with Crippen LogP contribution in [0, 0.1) is 0 Å². The lowest BCUT2D eigenvalue weighted by molar-refractivity contribution is 0.728. The molecule has 2 heteroatoms. The van der Waals surface area contributed by atoms with Crippen molar-refractivity contribution in [2.24, 2.45) is 5.73 Å². The Balaban J connectivity index is 0.00000147. The van der Waals surface area contributed by atoms with Gasteiger partial charge in [-0.3, -0.25) is 0 Å². The molecule has 0 aromatic heterocycles. The van der Waals surface area contributed by atoms with Gasteiger partial charge in [-0.25, -0.2) is 0 Å². The van der Waals surface area contributed by atoms with E-state index in [9.17, 15) is 0 Å². The minimum Gasteiger partial charge on any atom is -0.324 e. The molecule has 0 saturated carbocycles. The van der Waals surface area contributed by atoms with Crippen LogP contribution in [0.4, 0.5) is 0 Å². The number of fused-ring (bicyclic) bond motifs is 1. The van der Waals surface area contributed by atoms with Gasteiger partial charge in [0, 0.05) is 6.04 Å². The van der Waals surface area contributed by atoms with Crippen molar-refractivity contribution in [2.75, 3.05) is 0 Å². The summed E-state index contributed by atoms with van der Waals surface area (Å²) in [5.74, 6) is 0. The Hall–Kier alpha value is -1.83. The summed E-state index contributed by atoms with van der Waals surface area (Å²) in [5.41, 5.74) is 8.90. The fourth-order valence-electron chi connectivity index (χ4n) is 2.55. The third kappa shape index (κ3) is 3.01. The summed E-state index contributed by atoms with van der Waals surface area (Å²) >= 11 is 0. The maximum atomic E-state index is 6.39. The Kier molecular flexibility index (Phi) is 4.78. The molecule has 20 heavy (non-hydrogen) atoms. The highest BCUT2D eigenvalue weighted by Crippen LogP contribution is 2.25. The fraction of sp³-hybridized carbons (Fsp3) is 0.111. The predicted molar refractivity (Wildman–Crippen MR) is 88.3 cm³/mol. The van der Waals surface area contributed by atoms with Crippen molar-refractivity contribution in [3.8, 4) is 0 Å². The van der Waals surface area contributed by atoms with Crippen LogP contribution >= 0.6 is 12.4 Å². The van der Waals surface area contributed by atoms with E-state index in [1.807, 2.05) is 6.07 Å². The molecule has 0 fully saturated rings. The summed E-state index contributed by atoms with van der Waals surface area (Å²) in [5, 5.41) is 2.51. The monoisotopic (exact) mass is 283 g/mol. The van der Waals surface area contributed by atoms with Crippen LogP contribution in [0.1, 0.15) is 17.2 Å². The van der Waals surface area contributed by atoms with Gasteiger partial charge < -0.3 is 5.73 Å². The molecule has 0 aliphatic carbocycles. The molecule has 0 bridgehead atoms. The van der Waals surface area contributed by atoms with Gasteiger partial charge in [0.05, 0.1) is 0 Å². The van der Waals surface area contributed by atoms with Crippen LogP contribution in [0.5, 0.6) is 0 Å². The zero-order valence-electron chi connectivity index (χ0n) is 11.2. The van der Waals surface area contributed by atoms with Crippen molar-refractivity contribution in [3.05, 3.63) is 83.9 Å². The summed E-state index contributed by atoms with van der Waals surface area (Å²) in [6.07, 6.45) is 0.870. The zero-order chi connectivity index (χ0) is 13.1. The highest BCUT2D eigenvalue weighted by molar-refractivity contribution is 5.86. The van der Waals surface area contributed by atoms with E-state index in [2.05, 4.69) is 66.7 Å². The van der Waals surface area contributed by atoms with Crippen molar-refractivity contribution < 1.29 is 0 Å². The number of rotatable bonds is 3. The Morgan fingerprint density at radius 1 is 0.750 bits per heavy atom. The Morgan fingerprint density at radius 3 is 2.20 bits per heavy atom. The van der Waals surface area contributed by atoms with E-state index >= 15 is 0 Å². The predicted octanol–water partition coefficient (Wildman–Crippen LogP) is 4.50. The quantitative estimate of drug-likeness (QED) is 0.752. The second-order valence-electron chi connectivity index (χ2n) is 4.86. The molecule has 1 unspecified atom stereocenters. The van der Waals surface area contributed by atoms with Gasteiger partial charge in [0.1, 0.15) is 0 Å². The first-order valence-corrected chi connectivity index (χ1v) is 6.62. The average molecular weight is 284 g/mol. The molecule has 0 aliphatic rings. The van der Waals surface area contributed by atoms with E-state index in [1.54, 1.807) is 0 Å². The lowest BCUT2D eigenvalue weighted by Crippen LogP contribution is -2.13. The van der Waals surface area contributed by atoms with Crippen molar-refractivity contribution in [3.63, 3.8) is 0 Å². The molecule has 3 aromatic carbocycles. The van der Waals surface area contributed by atoms with Crippen LogP contribution in [0.2, 0.25) is 0 Å². The molecule has 102 valence electrons. The van der Waals surface area contributed by atoms with Crippen molar-refractivity contribution >= 4 is 23.2 Å². The molecule has 0 saturated heterocycles. The van der Waals surface area contributed by atoms with E-state index in [0.29, 0.717) is 0 Å². The number of nitrogens with two attached hydrogens (primary N) is 1. The highest BCUT2D eigenvalue weighted by atomic mass is 35.5. The standard InChI is InChI=1S/C18H17N.ClH/c19-18(13-14-7-2-1-3-8-14)17-12-6-10-15-9-4-5-11-16(15)17;/h1-12,18H,13,19H2;1H. The highest BCUT2D eigenvalue weighted by Gasteiger charge is 2.10. The minimum atomic E-state index is 0. The maximum absolute atomic E-state index is 6.39. The minimum absolute atomic E-state index is 0. The largest absolute Gasteiger partial charge is 0.324 e. The zero-order valence-corrected chi connectivity index (χ0v) is 12.0. The van der Waals surface area contributed by atoms with Gasteiger partial charge in [0.15, 0.2) is 0 Å². The molecule has 3 aromatic rings. The molecule has 1 nitrogen and oxygen atoms in total. The van der Waals surface area contributed by atoms with E-state index < -0.39 is 0 Å². The Morgan fingerprint density at radius 2 is 1.40 bits per heavy atom. The number of halogens is 1. The number of benzene rings is 3. The molecule has 0 heterocycles. The van der Waals surface area contributed by atoms with Crippen molar-refractivity contribution in [1.29, 1.82) is 0 Å². The van der Waals surface area contributed by atoms with E-state index in [0.717, 1.165) is 6.42 Å².